The fourth-order valence-electron chi connectivity index (χ4n) is 2.35. The molecule has 1 aliphatic heterocycles. The maximum Gasteiger partial charge on any atom is 0.409 e. The highest BCUT2D eigenvalue weighted by molar-refractivity contribution is 8.01. The van der Waals surface area contributed by atoms with Gasteiger partial charge in [0, 0.05) is 31.1 Å². The Balaban J connectivity index is 1.79. The molecule has 0 saturated carbocycles. The van der Waals surface area contributed by atoms with E-state index in [1.165, 1.54) is 23.1 Å². The van der Waals surface area contributed by atoms with Crippen LogP contribution < -0.4 is 5.73 Å². The van der Waals surface area contributed by atoms with Gasteiger partial charge in [0.15, 0.2) is 4.34 Å². The molecule has 1 saturated heterocycles. The SMILES string of the molecule is CCOC(=O)N1CCN(C(=O)CSc2nc(C)c(CC(N)=O)s2)CC1. The molecule has 0 aromatic carbocycles. The molecule has 0 aliphatic carbocycles. The van der Waals surface area contributed by atoms with Gasteiger partial charge >= 0.3 is 6.09 Å². The lowest BCUT2D eigenvalue weighted by molar-refractivity contribution is -0.129. The van der Waals surface area contributed by atoms with Crippen LogP contribution in [-0.4, -0.2) is 71.2 Å². The van der Waals surface area contributed by atoms with Crippen LogP contribution in [0.2, 0.25) is 0 Å². The third kappa shape index (κ3) is 5.60. The lowest BCUT2D eigenvalue weighted by Crippen LogP contribution is -2.51. The average Bonchev–Trinajstić information content (AvgIpc) is 2.92. The van der Waals surface area contributed by atoms with Crippen molar-refractivity contribution >= 4 is 41.0 Å². The molecule has 2 N–H and O–H groups in total. The Kier molecular flexibility index (Phi) is 7.06. The molecule has 0 spiro atoms. The minimum Gasteiger partial charge on any atom is -0.450 e. The third-order valence-corrected chi connectivity index (χ3v) is 5.97. The first-order valence-electron chi connectivity index (χ1n) is 7.97. The lowest BCUT2D eigenvalue weighted by Gasteiger charge is -2.33. The van der Waals surface area contributed by atoms with Crippen molar-refractivity contribution in [3.8, 4) is 0 Å². The van der Waals surface area contributed by atoms with E-state index < -0.39 is 0 Å². The van der Waals surface area contributed by atoms with E-state index in [-0.39, 0.29) is 30.1 Å². The number of carbonyl (C=O) groups is 3. The van der Waals surface area contributed by atoms with E-state index in [1.807, 2.05) is 6.92 Å². The Labute approximate surface area is 154 Å². The maximum atomic E-state index is 12.3. The molecule has 1 aromatic heterocycles. The van der Waals surface area contributed by atoms with Gasteiger partial charge in [-0.3, -0.25) is 9.59 Å². The summed E-state index contributed by atoms with van der Waals surface area (Å²) in [5, 5.41) is 0. The van der Waals surface area contributed by atoms with Crippen molar-refractivity contribution in [1.82, 2.24) is 14.8 Å². The van der Waals surface area contributed by atoms with Crippen molar-refractivity contribution < 1.29 is 19.1 Å². The van der Waals surface area contributed by atoms with Crippen molar-refractivity contribution in [2.75, 3.05) is 38.5 Å². The molecule has 0 unspecified atom stereocenters. The highest BCUT2D eigenvalue weighted by Gasteiger charge is 2.25. The van der Waals surface area contributed by atoms with Crippen molar-refractivity contribution in [3.05, 3.63) is 10.6 Å². The molecule has 25 heavy (non-hydrogen) atoms. The Morgan fingerprint density at radius 1 is 1.24 bits per heavy atom. The summed E-state index contributed by atoms with van der Waals surface area (Å²) in [5.74, 6) is -0.0980. The number of carbonyl (C=O) groups excluding carboxylic acids is 3. The van der Waals surface area contributed by atoms with E-state index >= 15 is 0 Å². The van der Waals surface area contributed by atoms with Crippen LogP contribution in [0.25, 0.3) is 0 Å². The van der Waals surface area contributed by atoms with Gasteiger partial charge in [-0.25, -0.2) is 9.78 Å². The molecule has 10 heteroatoms. The summed E-state index contributed by atoms with van der Waals surface area (Å²) in [7, 11) is 0. The number of amides is 3. The monoisotopic (exact) mass is 386 g/mol. The van der Waals surface area contributed by atoms with Gasteiger partial charge in [-0.15, -0.1) is 11.3 Å². The molecule has 1 fully saturated rings. The van der Waals surface area contributed by atoms with Crippen molar-refractivity contribution in [2.45, 2.75) is 24.6 Å². The van der Waals surface area contributed by atoms with Crippen LogP contribution in [0.5, 0.6) is 0 Å². The number of hydrogen-bond acceptors (Lipinski definition) is 7. The number of hydrogen-bond donors (Lipinski definition) is 1. The molecule has 0 radical (unpaired) electrons. The van der Waals surface area contributed by atoms with Gasteiger partial charge in [0.25, 0.3) is 0 Å². The van der Waals surface area contributed by atoms with E-state index in [0.29, 0.717) is 32.8 Å². The van der Waals surface area contributed by atoms with Gasteiger partial charge in [-0.1, -0.05) is 11.8 Å². The summed E-state index contributed by atoms with van der Waals surface area (Å²) in [4.78, 5) is 43.5. The normalized spacial score (nSPS) is 14.5. The first-order chi connectivity index (χ1) is 11.9. The molecule has 2 rings (SSSR count). The minimum absolute atomic E-state index is 0.0119. The summed E-state index contributed by atoms with van der Waals surface area (Å²) in [6.45, 7) is 5.91. The molecule has 1 aromatic rings. The molecule has 8 nitrogen and oxygen atoms in total. The Hall–Kier alpha value is -1.81. The number of rotatable bonds is 6. The third-order valence-electron chi connectivity index (χ3n) is 3.69. The first kappa shape index (κ1) is 19.5. The number of nitrogens with zero attached hydrogens (tertiary/aromatic N) is 3. The number of thioether (sulfide) groups is 1. The zero-order chi connectivity index (χ0) is 18.4. The number of aromatic nitrogens is 1. The molecule has 2 heterocycles. The zero-order valence-corrected chi connectivity index (χ0v) is 16.0. The van der Waals surface area contributed by atoms with Crippen LogP contribution in [0.3, 0.4) is 0 Å². The molecular weight excluding hydrogens is 364 g/mol. The van der Waals surface area contributed by atoms with Crippen LogP contribution in [0.15, 0.2) is 4.34 Å². The van der Waals surface area contributed by atoms with E-state index in [9.17, 15) is 14.4 Å². The number of nitrogens with two attached hydrogens (primary N) is 1. The van der Waals surface area contributed by atoms with Crippen LogP contribution in [-0.2, 0) is 20.7 Å². The van der Waals surface area contributed by atoms with E-state index in [0.717, 1.165) is 14.9 Å². The predicted octanol–water partition coefficient (Wildman–Crippen LogP) is 0.872. The Morgan fingerprint density at radius 2 is 1.88 bits per heavy atom. The van der Waals surface area contributed by atoms with E-state index in [4.69, 9.17) is 10.5 Å². The van der Waals surface area contributed by atoms with Gasteiger partial charge in [-0.2, -0.15) is 0 Å². The second-order valence-electron chi connectivity index (χ2n) is 5.49. The van der Waals surface area contributed by atoms with Gasteiger partial charge in [0.1, 0.15) is 0 Å². The molecule has 3 amide bonds. The fraction of sp³-hybridized carbons (Fsp3) is 0.600. The average molecular weight is 386 g/mol. The summed E-state index contributed by atoms with van der Waals surface area (Å²) >= 11 is 2.76. The minimum atomic E-state index is -0.390. The maximum absolute atomic E-state index is 12.3. The van der Waals surface area contributed by atoms with Gasteiger partial charge in [0.2, 0.25) is 11.8 Å². The molecule has 1 aliphatic rings. The fourth-order valence-corrected chi connectivity index (χ4v) is 4.50. The second kappa shape index (κ2) is 9.04. The molecular formula is C15H22N4O4S2. The topological polar surface area (TPSA) is 106 Å². The second-order valence-corrected chi connectivity index (χ2v) is 7.79. The van der Waals surface area contributed by atoms with Crippen molar-refractivity contribution in [2.24, 2.45) is 5.73 Å². The van der Waals surface area contributed by atoms with Gasteiger partial charge in [-0.05, 0) is 13.8 Å². The number of ether oxygens (including phenoxy) is 1. The van der Waals surface area contributed by atoms with E-state index in [1.54, 1.807) is 16.7 Å². The lowest BCUT2D eigenvalue weighted by atomic mass is 10.3. The van der Waals surface area contributed by atoms with Gasteiger partial charge < -0.3 is 20.3 Å². The molecule has 138 valence electrons. The summed E-state index contributed by atoms with van der Waals surface area (Å²) < 4.78 is 5.72. The van der Waals surface area contributed by atoms with Crippen LogP contribution in [0.1, 0.15) is 17.5 Å². The molecule has 0 atom stereocenters. The van der Waals surface area contributed by atoms with Crippen LogP contribution >= 0.6 is 23.1 Å². The Morgan fingerprint density at radius 3 is 2.48 bits per heavy atom. The Bertz CT molecular complexity index is 641. The number of piperazine rings is 1. The van der Waals surface area contributed by atoms with Crippen LogP contribution in [0, 0.1) is 6.92 Å². The largest absolute Gasteiger partial charge is 0.450 e. The zero-order valence-electron chi connectivity index (χ0n) is 14.3. The smallest absolute Gasteiger partial charge is 0.409 e. The molecule has 0 bridgehead atoms. The first-order valence-corrected chi connectivity index (χ1v) is 9.77. The number of aryl methyl sites for hydroxylation is 1. The summed E-state index contributed by atoms with van der Waals surface area (Å²) in [6.07, 6.45) is -0.155. The number of primary amides is 1. The van der Waals surface area contributed by atoms with Gasteiger partial charge in [0.05, 0.1) is 24.5 Å². The van der Waals surface area contributed by atoms with Crippen molar-refractivity contribution in [1.29, 1.82) is 0 Å². The van der Waals surface area contributed by atoms with Crippen molar-refractivity contribution in [3.63, 3.8) is 0 Å². The summed E-state index contributed by atoms with van der Waals surface area (Å²) in [6, 6.07) is 0. The standard InChI is InChI=1S/C15H22N4O4S2/c1-3-23-15(22)19-6-4-18(5-7-19)13(21)9-24-14-17-10(2)11(25-14)8-12(16)20/h3-9H2,1-2H3,(H2,16,20). The highest BCUT2D eigenvalue weighted by atomic mass is 32.2. The quantitative estimate of drug-likeness (QED) is 0.727. The van der Waals surface area contributed by atoms with E-state index in [2.05, 4.69) is 4.98 Å². The number of thiazole rings is 1. The van der Waals surface area contributed by atoms with Crippen LogP contribution in [0.4, 0.5) is 4.79 Å². The highest BCUT2D eigenvalue weighted by Crippen LogP contribution is 2.27. The summed E-state index contributed by atoms with van der Waals surface area (Å²) in [5.41, 5.74) is 5.99. The predicted molar refractivity (Wildman–Crippen MR) is 95.6 cm³/mol.